The van der Waals surface area contributed by atoms with Crippen LogP contribution >= 0.6 is 11.6 Å². The SMILES string of the molecule is CC(C)CC(CNC(=O)c1ccnc(Cl)c1)C(=O)O. The van der Waals surface area contributed by atoms with E-state index in [4.69, 9.17) is 16.7 Å². The van der Waals surface area contributed by atoms with Crippen LogP contribution in [-0.4, -0.2) is 28.5 Å². The minimum atomic E-state index is -0.901. The molecular formula is C13H17ClN2O3. The Balaban J connectivity index is 2.59. The van der Waals surface area contributed by atoms with Crippen LogP contribution in [0.5, 0.6) is 0 Å². The van der Waals surface area contributed by atoms with E-state index in [1.54, 1.807) is 0 Å². The van der Waals surface area contributed by atoms with Crippen molar-refractivity contribution in [3.8, 4) is 0 Å². The summed E-state index contributed by atoms with van der Waals surface area (Å²) in [4.78, 5) is 26.7. The summed E-state index contributed by atoms with van der Waals surface area (Å²) in [5.41, 5.74) is 0.369. The second kappa shape index (κ2) is 7.09. The maximum Gasteiger partial charge on any atom is 0.308 e. The highest BCUT2D eigenvalue weighted by Crippen LogP contribution is 2.12. The van der Waals surface area contributed by atoms with Crippen molar-refractivity contribution in [3.63, 3.8) is 0 Å². The van der Waals surface area contributed by atoms with Crippen molar-refractivity contribution in [1.82, 2.24) is 10.3 Å². The van der Waals surface area contributed by atoms with Crippen molar-refractivity contribution < 1.29 is 14.7 Å². The average molecular weight is 285 g/mol. The quantitative estimate of drug-likeness (QED) is 0.785. The molecule has 0 radical (unpaired) electrons. The molecular weight excluding hydrogens is 268 g/mol. The molecule has 1 aromatic heterocycles. The molecule has 0 aliphatic carbocycles. The highest BCUT2D eigenvalue weighted by atomic mass is 35.5. The molecule has 0 bridgehead atoms. The molecule has 0 aliphatic heterocycles. The topological polar surface area (TPSA) is 79.3 Å². The van der Waals surface area contributed by atoms with Gasteiger partial charge in [-0.2, -0.15) is 0 Å². The van der Waals surface area contributed by atoms with Crippen molar-refractivity contribution in [2.24, 2.45) is 11.8 Å². The van der Waals surface area contributed by atoms with E-state index in [1.165, 1.54) is 18.3 Å². The van der Waals surface area contributed by atoms with E-state index >= 15 is 0 Å². The number of pyridine rings is 1. The Morgan fingerprint density at radius 3 is 2.68 bits per heavy atom. The van der Waals surface area contributed by atoms with E-state index in [1.807, 2.05) is 13.8 Å². The fraction of sp³-hybridized carbons (Fsp3) is 0.462. The maximum atomic E-state index is 11.8. The molecule has 1 heterocycles. The van der Waals surface area contributed by atoms with Crippen molar-refractivity contribution in [2.75, 3.05) is 6.54 Å². The standard InChI is InChI=1S/C13H17ClN2O3/c1-8(2)5-10(13(18)19)7-16-12(17)9-3-4-15-11(14)6-9/h3-4,6,8,10H,5,7H2,1-2H3,(H,16,17)(H,18,19). The normalized spacial score (nSPS) is 12.2. The van der Waals surface area contributed by atoms with Crippen molar-refractivity contribution >= 4 is 23.5 Å². The Kier molecular flexibility index (Phi) is 5.76. The second-order valence-electron chi connectivity index (χ2n) is 4.74. The van der Waals surface area contributed by atoms with Crippen LogP contribution in [0.1, 0.15) is 30.6 Å². The summed E-state index contributed by atoms with van der Waals surface area (Å²) < 4.78 is 0. The summed E-state index contributed by atoms with van der Waals surface area (Å²) in [7, 11) is 0. The molecule has 104 valence electrons. The number of carboxylic acid groups (broad SMARTS) is 1. The lowest BCUT2D eigenvalue weighted by atomic mass is 9.97. The summed E-state index contributed by atoms with van der Waals surface area (Å²) in [6.45, 7) is 3.99. The predicted octanol–water partition coefficient (Wildman–Crippen LogP) is 2.21. The van der Waals surface area contributed by atoms with Crippen molar-refractivity contribution in [1.29, 1.82) is 0 Å². The van der Waals surface area contributed by atoms with Gasteiger partial charge in [0.1, 0.15) is 5.15 Å². The Morgan fingerprint density at radius 2 is 2.16 bits per heavy atom. The van der Waals surface area contributed by atoms with Crippen LogP contribution in [0.4, 0.5) is 0 Å². The molecule has 1 rings (SSSR count). The Morgan fingerprint density at radius 1 is 1.47 bits per heavy atom. The van der Waals surface area contributed by atoms with Gasteiger partial charge in [0.25, 0.3) is 5.91 Å². The average Bonchev–Trinajstić information content (AvgIpc) is 2.33. The van der Waals surface area contributed by atoms with E-state index in [-0.39, 0.29) is 23.5 Å². The monoisotopic (exact) mass is 284 g/mol. The lowest BCUT2D eigenvalue weighted by Crippen LogP contribution is -2.33. The number of nitrogens with zero attached hydrogens (tertiary/aromatic N) is 1. The fourth-order valence-corrected chi connectivity index (χ4v) is 1.88. The molecule has 1 amide bonds. The van der Waals surface area contributed by atoms with Crippen LogP contribution in [0.15, 0.2) is 18.3 Å². The Labute approximate surface area is 117 Å². The molecule has 0 spiro atoms. The van der Waals surface area contributed by atoms with Gasteiger partial charge in [-0.3, -0.25) is 9.59 Å². The van der Waals surface area contributed by atoms with Crippen LogP contribution in [0.25, 0.3) is 0 Å². The highest BCUT2D eigenvalue weighted by Gasteiger charge is 2.20. The van der Waals surface area contributed by atoms with Crippen LogP contribution in [0.3, 0.4) is 0 Å². The molecule has 2 N–H and O–H groups in total. The molecule has 0 aromatic carbocycles. The molecule has 6 heteroatoms. The van der Waals surface area contributed by atoms with Crippen LogP contribution in [0.2, 0.25) is 5.15 Å². The Hall–Kier alpha value is -1.62. The molecule has 1 aromatic rings. The van der Waals surface area contributed by atoms with Gasteiger partial charge in [0.15, 0.2) is 0 Å². The van der Waals surface area contributed by atoms with Crippen LogP contribution in [0, 0.1) is 11.8 Å². The minimum Gasteiger partial charge on any atom is -0.481 e. The number of aliphatic carboxylic acids is 1. The fourth-order valence-electron chi connectivity index (χ4n) is 1.70. The second-order valence-corrected chi connectivity index (χ2v) is 5.13. The molecule has 0 saturated carbocycles. The summed E-state index contributed by atoms with van der Waals surface area (Å²) in [6.07, 6.45) is 1.95. The van der Waals surface area contributed by atoms with Gasteiger partial charge in [0, 0.05) is 18.3 Å². The van der Waals surface area contributed by atoms with Gasteiger partial charge in [0.05, 0.1) is 5.92 Å². The number of carbonyl (C=O) groups is 2. The van der Waals surface area contributed by atoms with Gasteiger partial charge in [-0.15, -0.1) is 0 Å². The van der Waals surface area contributed by atoms with E-state index < -0.39 is 11.9 Å². The number of carbonyl (C=O) groups excluding carboxylic acids is 1. The van der Waals surface area contributed by atoms with Crippen molar-refractivity contribution in [2.45, 2.75) is 20.3 Å². The molecule has 1 atom stereocenters. The first-order valence-corrected chi connectivity index (χ1v) is 6.40. The zero-order valence-corrected chi connectivity index (χ0v) is 11.6. The number of aromatic nitrogens is 1. The van der Waals surface area contributed by atoms with Gasteiger partial charge in [-0.05, 0) is 24.5 Å². The number of halogens is 1. The Bertz CT molecular complexity index is 463. The largest absolute Gasteiger partial charge is 0.481 e. The van der Waals surface area contributed by atoms with E-state index in [2.05, 4.69) is 10.3 Å². The highest BCUT2D eigenvalue weighted by molar-refractivity contribution is 6.29. The molecule has 0 aliphatic rings. The smallest absolute Gasteiger partial charge is 0.308 e. The third kappa shape index (κ3) is 5.26. The summed E-state index contributed by atoms with van der Waals surface area (Å²) in [6, 6.07) is 2.97. The van der Waals surface area contributed by atoms with Crippen LogP contribution in [-0.2, 0) is 4.79 Å². The molecule has 1 unspecified atom stereocenters. The summed E-state index contributed by atoms with van der Waals surface area (Å²) in [5.74, 6) is -1.57. The first-order valence-electron chi connectivity index (χ1n) is 6.02. The van der Waals surface area contributed by atoms with Gasteiger partial charge in [0.2, 0.25) is 0 Å². The number of hydrogen-bond donors (Lipinski definition) is 2. The summed E-state index contributed by atoms with van der Waals surface area (Å²) >= 11 is 5.69. The lowest BCUT2D eigenvalue weighted by Gasteiger charge is -2.15. The molecule has 19 heavy (non-hydrogen) atoms. The maximum absolute atomic E-state index is 11.8. The van der Waals surface area contributed by atoms with E-state index in [0.29, 0.717) is 12.0 Å². The zero-order chi connectivity index (χ0) is 14.4. The zero-order valence-electron chi connectivity index (χ0n) is 10.9. The minimum absolute atomic E-state index is 0.103. The number of nitrogens with one attached hydrogen (secondary N) is 1. The van der Waals surface area contributed by atoms with Gasteiger partial charge >= 0.3 is 5.97 Å². The van der Waals surface area contributed by atoms with Crippen LogP contribution < -0.4 is 5.32 Å². The molecule has 0 saturated heterocycles. The van der Waals surface area contributed by atoms with Gasteiger partial charge < -0.3 is 10.4 Å². The summed E-state index contributed by atoms with van der Waals surface area (Å²) in [5, 5.41) is 11.9. The number of carboxylic acids is 1. The number of rotatable bonds is 6. The first kappa shape index (κ1) is 15.4. The lowest BCUT2D eigenvalue weighted by molar-refractivity contribution is -0.142. The van der Waals surface area contributed by atoms with Crippen molar-refractivity contribution in [3.05, 3.63) is 29.0 Å². The first-order chi connectivity index (χ1) is 8.90. The van der Waals surface area contributed by atoms with E-state index in [9.17, 15) is 9.59 Å². The number of amides is 1. The molecule has 5 nitrogen and oxygen atoms in total. The van der Waals surface area contributed by atoms with Gasteiger partial charge in [-0.25, -0.2) is 4.98 Å². The van der Waals surface area contributed by atoms with Gasteiger partial charge in [-0.1, -0.05) is 25.4 Å². The predicted molar refractivity (Wildman–Crippen MR) is 72.2 cm³/mol. The third-order valence-electron chi connectivity index (χ3n) is 2.60. The number of hydrogen-bond acceptors (Lipinski definition) is 3. The van der Waals surface area contributed by atoms with E-state index in [0.717, 1.165) is 0 Å². The third-order valence-corrected chi connectivity index (χ3v) is 2.81. The molecule has 0 fully saturated rings.